The van der Waals surface area contributed by atoms with E-state index in [9.17, 15) is 14.7 Å². The largest absolute Gasteiger partial charge is 0.496 e. The minimum Gasteiger partial charge on any atom is -0.496 e. The molecule has 0 unspecified atom stereocenters. The zero-order valence-corrected chi connectivity index (χ0v) is 30.9. The minimum atomic E-state index is -0.906. The first kappa shape index (κ1) is 38.2. The van der Waals surface area contributed by atoms with E-state index in [4.69, 9.17) is 24.3 Å². The molecule has 0 bridgehead atoms. The third-order valence-corrected chi connectivity index (χ3v) is 9.57. The summed E-state index contributed by atoms with van der Waals surface area (Å²) in [6.45, 7) is 12.9. The van der Waals surface area contributed by atoms with Gasteiger partial charge >= 0.3 is 5.97 Å². The van der Waals surface area contributed by atoms with Crippen molar-refractivity contribution in [2.24, 2.45) is 5.92 Å². The van der Waals surface area contributed by atoms with E-state index in [1.807, 2.05) is 37.6 Å². The average molecular weight is 691 g/mol. The van der Waals surface area contributed by atoms with Gasteiger partial charge in [0.1, 0.15) is 22.9 Å². The number of fused-ring (bicyclic) bond motifs is 1. The van der Waals surface area contributed by atoms with Crippen molar-refractivity contribution in [3.8, 4) is 28.6 Å². The molecular formula is C38H54N6O6. The molecule has 1 fully saturated rings. The molecule has 4 aromatic rings. The van der Waals surface area contributed by atoms with Gasteiger partial charge in [-0.05, 0) is 87.5 Å². The average Bonchev–Trinajstić information content (AvgIpc) is 3.74. The number of ether oxygens (including phenoxy) is 3. The third kappa shape index (κ3) is 8.95. The highest BCUT2D eigenvalue weighted by molar-refractivity contribution is 6.06. The number of aryl methyl sites for hydroxylation is 4. The number of carbonyl (C=O) groups excluding carboxylic acids is 1. The zero-order valence-electron chi connectivity index (χ0n) is 30.9. The van der Waals surface area contributed by atoms with Crippen molar-refractivity contribution >= 4 is 28.7 Å². The highest BCUT2D eigenvalue weighted by atomic mass is 16.5. The van der Waals surface area contributed by atoms with Crippen molar-refractivity contribution in [2.45, 2.75) is 92.5 Å². The van der Waals surface area contributed by atoms with Crippen LogP contribution in [0.2, 0.25) is 0 Å². The molecule has 12 nitrogen and oxygen atoms in total. The molecule has 2 heterocycles. The highest BCUT2D eigenvalue weighted by Crippen LogP contribution is 2.38. The second kappa shape index (κ2) is 17.9. The van der Waals surface area contributed by atoms with Crippen LogP contribution in [-0.4, -0.2) is 71.2 Å². The van der Waals surface area contributed by atoms with Crippen LogP contribution in [-0.2, 0) is 17.8 Å². The summed E-state index contributed by atoms with van der Waals surface area (Å²) in [6, 6.07) is 5.60. The van der Waals surface area contributed by atoms with E-state index in [2.05, 4.69) is 29.5 Å². The Morgan fingerprint density at radius 1 is 0.960 bits per heavy atom. The second-order valence-corrected chi connectivity index (χ2v) is 12.8. The van der Waals surface area contributed by atoms with Gasteiger partial charge in [0.25, 0.3) is 5.91 Å². The molecule has 2 aromatic heterocycles. The van der Waals surface area contributed by atoms with Gasteiger partial charge in [-0.15, -0.1) is 5.10 Å². The van der Waals surface area contributed by atoms with Crippen LogP contribution in [0.1, 0.15) is 91.5 Å². The number of aromatic amines is 1. The van der Waals surface area contributed by atoms with E-state index < -0.39 is 11.9 Å². The molecule has 0 spiro atoms. The van der Waals surface area contributed by atoms with Gasteiger partial charge in [0, 0.05) is 23.9 Å². The van der Waals surface area contributed by atoms with Gasteiger partial charge in [0.05, 0.1) is 32.4 Å². The summed E-state index contributed by atoms with van der Waals surface area (Å²) in [4.78, 5) is 33.0. The molecule has 12 heteroatoms. The van der Waals surface area contributed by atoms with E-state index >= 15 is 0 Å². The maximum absolute atomic E-state index is 13.6. The Balaban J connectivity index is 0.00000105. The van der Waals surface area contributed by atoms with E-state index in [0.29, 0.717) is 46.7 Å². The van der Waals surface area contributed by atoms with Crippen molar-refractivity contribution in [1.82, 2.24) is 25.1 Å². The van der Waals surface area contributed by atoms with Crippen molar-refractivity contribution in [3.63, 3.8) is 0 Å². The summed E-state index contributed by atoms with van der Waals surface area (Å²) in [5.74, 6) is 2.05. The number of aliphatic carboxylic acids is 1. The number of amides is 1. The lowest BCUT2D eigenvalue weighted by Crippen LogP contribution is -2.14. The summed E-state index contributed by atoms with van der Waals surface area (Å²) in [7, 11) is 4.82. The molecule has 272 valence electrons. The van der Waals surface area contributed by atoms with Gasteiger partial charge in [0.15, 0.2) is 5.82 Å². The predicted octanol–water partition coefficient (Wildman–Crippen LogP) is 7.23. The Morgan fingerprint density at radius 2 is 1.66 bits per heavy atom. The van der Waals surface area contributed by atoms with Crippen LogP contribution in [0.5, 0.6) is 17.2 Å². The number of carboxylic acid groups (broad SMARTS) is 1. The first-order valence-electron chi connectivity index (χ1n) is 17.7. The molecule has 1 amide bonds. The highest BCUT2D eigenvalue weighted by Gasteiger charge is 2.24. The molecule has 4 N–H and O–H groups in total. The van der Waals surface area contributed by atoms with Gasteiger partial charge in [0.2, 0.25) is 5.95 Å². The molecular weight excluding hydrogens is 636 g/mol. The fourth-order valence-electron chi connectivity index (χ4n) is 6.74. The monoisotopic (exact) mass is 690 g/mol. The quantitative estimate of drug-likeness (QED) is 0.107. The van der Waals surface area contributed by atoms with Gasteiger partial charge in [-0.1, -0.05) is 46.0 Å². The Hall–Kier alpha value is -4.58. The number of anilines is 1. The van der Waals surface area contributed by atoms with Crippen LogP contribution in [0.15, 0.2) is 18.2 Å². The number of hydrogen-bond acceptors (Lipinski definition) is 8. The van der Waals surface area contributed by atoms with E-state index in [1.54, 1.807) is 27.4 Å². The van der Waals surface area contributed by atoms with Gasteiger partial charge in [-0.3, -0.25) is 14.9 Å². The number of H-pyrrole nitrogens is 1. The molecule has 0 aliphatic heterocycles. The molecule has 1 aliphatic carbocycles. The Bertz CT molecular complexity index is 1770. The number of benzene rings is 2. The number of nitrogens with one attached hydrogen (secondary N) is 3. The number of hydrogen-bond donors (Lipinski definition) is 4. The van der Waals surface area contributed by atoms with Crippen LogP contribution in [0.4, 0.5) is 5.95 Å². The lowest BCUT2D eigenvalue weighted by Gasteiger charge is -2.21. The minimum absolute atomic E-state index is 0.0627. The SMILES string of the molecule is CCNCC.COc1cc(-c2nc(NC(=O)c3cc4c(C)c(C)c(OC)c(CCC(=O)O)c4[nH]3)nn2CCC2CCCCC2)c(OC)cc1C. The fourth-order valence-corrected chi connectivity index (χ4v) is 6.74. The first-order valence-corrected chi connectivity index (χ1v) is 17.7. The number of aromatic nitrogens is 4. The normalized spacial score (nSPS) is 13.1. The van der Waals surface area contributed by atoms with Crippen molar-refractivity contribution in [1.29, 1.82) is 0 Å². The van der Waals surface area contributed by atoms with Crippen molar-refractivity contribution < 1.29 is 28.9 Å². The van der Waals surface area contributed by atoms with Crippen LogP contribution in [0, 0.1) is 26.7 Å². The van der Waals surface area contributed by atoms with Gasteiger partial charge in [-0.25, -0.2) is 4.68 Å². The van der Waals surface area contributed by atoms with Gasteiger partial charge in [-0.2, -0.15) is 4.98 Å². The lowest BCUT2D eigenvalue weighted by atomic mass is 9.87. The third-order valence-electron chi connectivity index (χ3n) is 9.57. The van der Waals surface area contributed by atoms with Crippen LogP contribution in [0.3, 0.4) is 0 Å². The number of rotatable bonds is 14. The number of carboxylic acids is 1. The number of methoxy groups -OCH3 is 3. The first-order chi connectivity index (χ1) is 24.1. The summed E-state index contributed by atoms with van der Waals surface area (Å²) >= 11 is 0. The summed E-state index contributed by atoms with van der Waals surface area (Å²) in [6.07, 6.45) is 7.41. The second-order valence-electron chi connectivity index (χ2n) is 12.8. The van der Waals surface area contributed by atoms with Crippen LogP contribution < -0.4 is 24.8 Å². The summed E-state index contributed by atoms with van der Waals surface area (Å²) in [5.41, 5.74) is 5.24. The van der Waals surface area contributed by atoms with Crippen molar-refractivity contribution in [2.75, 3.05) is 39.7 Å². The van der Waals surface area contributed by atoms with Crippen LogP contribution >= 0.6 is 0 Å². The molecule has 50 heavy (non-hydrogen) atoms. The lowest BCUT2D eigenvalue weighted by molar-refractivity contribution is -0.136. The number of carbonyl (C=O) groups is 2. The molecule has 2 aromatic carbocycles. The maximum Gasteiger partial charge on any atom is 0.303 e. The molecule has 1 saturated carbocycles. The maximum atomic E-state index is 13.6. The summed E-state index contributed by atoms with van der Waals surface area (Å²) in [5, 5.41) is 20.9. The number of nitrogens with zero attached hydrogens (tertiary/aromatic N) is 3. The topological polar surface area (TPSA) is 153 Å². The molecule has 0 atom stereocenters. The Labute approximate surface area is 295 Å². The van der Waals surface area contributed by atoms with Crippen molar-refractivity contribution in [3.05, 3.63) is 46.1 Å². The van der Waals surface area contributed by atoms with E-state index in [1.165, 1.54) is 32.1 Å². The smallest absolute Gasteiger partial charge is 0.303 e. The Morgan fingerprint density at radius 3 is 2.26 bits per heavy atom. The van der Waals surface area contributed by atoms with E-state index in [0.717, 1.165) is 52.7 Å². The standard InChI is InChI=1S/C34H43N5O6.C4H11N/c1-19-16-28(44-5)25(18-27(19)43-4)32-36-34(38-39(32)15-14-22-10-8-7-9-11-22)37-33(42)26-17-24-20(2)21(3)31(45-6)23(30(24)35-26)12-13-29(40)41;1-3-5-4-2/h16-18,22,35H,7-15H2,1-6H3,(H,40,41)(H,37,38,42);5H,3-4H2,1-2H3. The fraction of sp³-hybridized carbons (Fsp3) is 0.526. The molecule has 1 aliphatic rings. The van der Waals surface area contributed by atoms with Crippen LogP contribution in [0.25, 0.3) is 22.3 Å². The molecule has 5 rings (SSSR count). The Kier molecular flexibility index (Phi) is 13.7. The van der Waals surface area contributed by atoms with Gasteiger partial charge < -0.3 is 29.6 Å². The molecule has 0 radical (unpaired) electrons. The molecule has 0 saturated heterocycles. The summed E-state index contributed by atoms with van der Waals surface area (Å²) < 4.78 is 18.9. The van der Waals surface area contributed by atoms with E-state index in [-0.39, 0.29) is 18.8 Å². The zero-order chi connectivity index (χ0) is 36.4. The predicted molar refractivity (Wildman–Crippen MR) is 197 cm³/mol.